The highest BCUT2D eigenvalue weighted by atomic mass is 32.2. The zero-order valence-electron chi connectivity index (χ0n) is 12.9. The minimum absolute atomic E-state index is 0.0417. The molecule has 3 rings (SSSR count). The monoisotopic (exact) mass is 364 g/mol. The van der Waals surface area contributed by atoms with E-state index in [-0.39, 0.29) is 22.7 Å². The summed E-state index contributed by atoms with van der Waals surface area (Å²) in [5.74, 6) is 0.125. The van der Waals surface area contributed by atoms with Crippen LogP contribution in [0.25, 0.3) is 10.8 Å². The summed E-state index contributed by atoms with van der Waals surface area (Å²) in [4.78, 5) is 18.4. The summed E-state index contributed by atoms with van der Waals surface area (Å²) in [5.41, 5.74) is 15.4. The van der Waals surface area contributed by atoms with Crippen LogP contribution in [0.2, 0.25) is 0 Å². The number of nitrogens with zero attached hydrogens (tertiary/aromatic N) is 3. The van der Waals surface area contributed by atoms with E-state index in [1.807, 2.05) is 12.9 Å². The van der Waals surface area contributed by atoms with Gasteiger partial charge in [0.1, 0.15) is 11.7 Å². The summed E-state index contributed by atoms with van der Waals surface area (Å²) in [6.07, 6.45) is 0. The second kappa shape index (κ2) is 8.52. The Morgan fingerprint density at radius 2 is 1.24 bits per heavy atom. The van der Waals surface area contributed by atoms with Gasteiger partial charge in [0.15, 0.2) is 0 Å². The summed E-state index contributed by atoms with van der Waals surface area (Å²) >= 11 is 0. The molecular formula is C14H16N6O4S. The number of rotatable bonds is 1. The van der Waals surface area contributed by atoms with Crippen LogP contribution in [0.15, 0.2) is 47.4 Å². The normalized spacial score (nSPS) is 10.1. The molecule has 0 amide bonds. The van der Waals surface area contributed by atoms with Crippen molar-refractivity contribution in [2.24, 2.45) is 0 Å². The highest BCUT2D eigenvalue weighted by molar-refractivity contribution is 7.86. The standard InChI is InChI=1S/C10H8O3S.C3H6N6.CH2O/c11-14(12,13)10-7-3-5-8-4-1-2-6-9(8)10;4-1-7-2(5)9-3(6)8-1;1-2/h1-7H,(H,11,12,13);(H6,4,5,6,7,8,9);1H2. The molecule has 0 atom stereocenters. The molecule has 2 aromatic carbocycles. The van der Waals surface area contributed by atoms with E-state index < -0.39 is 10.1 Å². The van der Waals surface area contributed by atoms with Gasteiger partial charge in [-0.2, -0.15) is 23.4 Å². The van der Waals surface area contributed by atoms with Gasteiger partial charge in [-0.1, -0.05) is 36.4 Å². The predicted octanol–water partition coefficient (Wildman–Crippen LogP) is 0.520. The van der Waals surface area contributed by atoms with E-state index in [1.54, 1.807) is 30.3 Å². The minimum atomic E-state index is -4.13. The maximum atomic E-state index is 11.0. The largest absolute Gasteiger partial charge is 0.368 e. The van der Waals surface area contributed by atoms with Crippen LogP contribution in [-0.4, -0.2) is 34.7 Å². The van der Waals surface area contributed by atoms with Crippen LogP contribution >= 0.6 is 0 Å². The third-order valence-electron chi connectivity index (χ3n) is 2.71. The smallest absolute Gasteiger partial charge is 0.295 e. The Morgan fingerprint density at radius 3 is 1.72 bits per heavy atom. The molecule has 0 saturated heterocycles. The first-order valence-electron chi connectivity index (χ1n) is 6.54. The Kier molecular flexibility index (Phi) is 6.72. The van der Waals surface area contributed by atoms with Crippen molar-refractivity contribution >= 4 is 45.5 Å². The third-order valence-corrected chi connectivity index (χ3v) is 3.63. The van der Waals surface area contributed by atoms with Crippen molar-refractivity contribution < 1.29 is 17.8 Å². The van der Waals surface area contributed by atoms with Gasteiger partial charge in [-0.05, 0) is 11.5 Å². The molecule has 1 heterocycles. The van der Waals surface area contributed by atoms with Crippen molar-refractivity contribution in [2.45, 2.75) is 4.90 Å². The Bertz CT molecular complexity index is 909. The molecule has 0 saturated carbocycles. The number of fused-ring (bicyclic) bond motifs is 1. The molecule has 0 spiro atoms. The zero-order chi connectivity index (χ0) is 19.0. The summed E-state index contributed by atoms with van der Waals surface area (Å²) in [6, 6.07) is 11.8. The van der Waals surface area contributed by atoms with Gasteiger partial charge in [0.25, 0.3) is 10.1 Å². The number of nitrogen functional groups attached to an aromatic ring is 3. The molecule has 1 aromatic heterocycles. The molecule has 0 aliphatic rings. The molecule has 0 aliphatic carbocycles. The topological polar surface area (TPSA) is 188 Å². The van der Waals surface area contributed by atoms with Crippen LogP contribution in [-0.2, 0) is 14.9 Å². The van der Waals surface area contributed by atoms with Crippen molar-refractivity contribution in [2.75, 3.05) is 17.2 Å². The lowest BCUT2D eigenvalue weighted by molar-refractivity contribution is -0.0980. The second-order valence-electron chi connectivity index (χ2n) is 4.36. The van der Waals surface area contributed by atoms with Gasteiger partial charge in [0.05, 0.1) is 0 Å². The van der Waals surface area contributed by atoms with Crippen molar-refractivity contribution in [3.05, 3.63) is 42.5 Å². The van der Waals surface area contributed by atoms with Gasteiger partial charge in [-0.15, -0.1) is 0 Å². The zero-order valence-corrected chi connectivity index (χ0v) is 13.7. The van der Waals surface area contributed by atoms with Gasteiger partial charge in [-0.25, -0.2) is 0 Å². The molecule has 10 nitrogen and oxygen atoms in total. The van der Waals surface area contributed by atoms with E-state index >= 15 is 0 Å². The molecule has 0 bridgehead atoms. The van der Waals surface area contributed by atoms with Gasteiger partial charge in [0, 0.05) is 5.39 Å². The van der Waals surface area contributed by atoms with E-state index in [4.69, 9.17) is 26.5 Å². The highest BCUT2D eigenvalue weighted by Gasteiger charge is 2.12. The molecule has 11 heteroatoms. The van der Waals surface area contributed by atoms with Crippen LogP contribution in [0.1, 0.15) is 0 Å². The molecule has 0 aliphatic heterocycles. The summed E-state index contributed by atoms with van der Waals surface area (Å²) in [6.45, 7) is 2.00. The fraction of sp³-hybridized carbons (Fsp3) is 0. The SMILES string of the molecule is C=O.Nc1nc(N)nc(N)n1.O=S(=O)(O)c1cccc2ccccc12. The Morgan fingerprint density at radius 1 is 0.800 bits per heavy atom. The Hall–Kier alpha value is -3.31. The van der Waals surface area contributed by atoms with Crippen LogP contribution in [0.3, 0.4) is 0 Å². The van der Waals surface area contributed by atoms with Crippen LogP contribution < -0.4 is 17.2 Å². The fourth-order valence-corrected chi connectivity index (χ4v) is 2.56. The first kappa shape index (κ1) is 19.7. The van der Waals surface area contributed by atoms with Crippen molar-refractivity contribution in [1.29, 1.82) is 0 Å². The van der Waals surface area contributed by atoms with Crippen LogP contribution in [0, 0.1) is 0 Å². The number of hydrogen-bond acceptors (Lipinski definition) is 9. The first-order valence-corrected chi connectivity index (χ1v) is 7.98. The molecule has 25 heavy (non-hydrogen) atoms. The lowest BCUT2D eigenvalue weighted by Crippen LogP contribution is -2.05. The third kappa shape index (κ3) is 5.67. The number of carbonyl (C=O) groups is 1. The van der Waals surface area contributed by atoms with Crippen molar-refractivity contribution in [3.63, 3.8) is 0 Å². The van der Waals surface area contributed by atoms with Gasteiger partial charge in [0.2, 0.25) is 17.8 Å². The number of aromatic nitrogens is 3. The van der Waals surface area contributed by atoms with Gasteiger partial charge in [-0.3, -0.25) is 4.55 Å². The quantitative estimate of drug-likeness (QED) is 0.443. The minimum Gasteiger partial charge on any atom is -0.368 e. The maximum Gasteiger partial charge on any atom is 0.295 e. The van der Waals surface area contributed by atoms with Gasteiger partial charge < -0.3 is 22.0 Å². The van der Waals surface area contributed by atoms with Crippen molar-refractivity contribution in [3.8, 4) is 0 Å². The summed E-state index contributed by atoms with van der Waals surface area (Å²) < 4.78 is 31.0. The highest BCUT2D eigenvalue weighted by Crippen LogP contribution is 2.21. The number of nitrogens with two attached hydrogens (primary N) is 3. The van der Waals surface area contributed by atoms with E-state index in [2.05, 4.69) is 15.0 Å². The molecule has 3 aromatic rings. The summed E-state index contributed by atoms with van der Waals surface area (Å²) in [5, 5.41) is 1.33. The van der Waals surface area contributed by atoms with Crippen LogP contribution in [0.5, 0.6) is 0 Å². The Balaban J connectivity index is 0.000000246. The molecule has 7 N–H and O–H groups in total. The van der Waals surface area contributed by atoms with Crippen LogP contribution in [0.4, 0.5) is 17.8 Å². The molecule has 0 unspecified atom stereocenters. The Labute approximate surface area is 143 Å². The van der Waals surface area contributed by atoms with E-state index in [1.165, 1.54) is 6.07 Å². The average Bonchev–Trinajstić information content (AvgIpc) is 2.54. The second-order valence-corrected chi connectivity index (χ2v) is 5.75. The molecule has 0 fully saturated rings. The van der Waals surface area contributed by atoms with E-state index in [0.717, 1.165) is 5.39 Å². The number of carbonyl (C=O) groups excluding carboxylic acids is 1. The summed E-state index contributed by atoms with van der Waals surface area (Å²) in [7, 11) is -4.13. The fourth-order valence-electron chi connectivity index (χ4n) is 1.85. The van der Waals surface area contributed by atoms with Gasteiger partial charge >= 0.3 is 0 Å². The molecular weight excluding hydrogens is 348 g/mol. The molecule has 0 radical (unpaired) electrons. The van der Waals surface area contributed by atoms with E-state index in [9.17, 15) is 8.42 Å². The van der Waals surface area contributed by atoms with E-state index in [0.29, 0.717) is 5.39 Å². The number of anilines is 3. The number of benzene rings is 2. The lowest BCUT2D eigenvalue weighted by atomic mass is 10.1. The number of hydrogen-bond donors (Lipinski definition) is 4. The predicted molar refractivity (Wildman–Crippen MR) is 93.9 cm³/mol. The maximum absolute atomic E-state index is 11.0. The first-order chi connectivity index (χ1) is 11.8. The molecule has 132 valence electrons. The lowest BCUT2D eigenvalue weighted by Gasteiger charge is -2.02. The van der Waals surface area contributed by atoms with Crippen molar-refractivity contribution in [1.82, 2.24) is 15.0 Å². The average molecular weight is 364 g/mol.